The minimum absolute atomic E-state index is 0.103. The average molecular weight is 388 g/mol. The predicted molar refractivity (Wildman–Crippen MR) is 107 cm³/mol. The molecule has 1 amide bonds. The minimum atomic E-state index is -0.359. The Hall–Kier alpha value is -2.34. The number of amides is 1. The minimum Gasteiger partial charge on any atom is -0.484 e. The monoisotopic (exact) mass is 387 g/mol. The summed E-state index contributed by atoms with van der Waals surface area (Å²) < 4.78 is 10.8. The van der Waals surface area contributed by atoms with Crippen molar-refractivity contribution in [3.63, 3.8) is 0 Å². The Kier molecular flexibility index (Phi) is 6.16. The van der Waals surface area contributed by atoms with Gasteiger partial charge in [-0.15, -0.1) is 11.3 Å². The van der Waals surface area contributed by atoms with Crippen LogP contribution in [0.15, 0.2) is 18.2 Å². The second kappa shape index (κ2) is 8.57. The van der Waals surface area contributed by atoms with Gasteiger partial charge in [-0.2, -0.15) is 0 Å². The van der Waals surface area contributed by atoms with E-state index >= 15 is 0 Å². The molecule has 0 bridgehead atoms. The first-order valence-corrected chi connectivity index (χ1v) is 10.1. The smallest absolute Gasteiger partial charge is 0.341 e. The maximum absolute atomic E-state index is 12.4. The molecule has 0 radical (unpaired) electrons. The number of anilines is 1. The Labute approximate surface area is 163 Å². The topological polar surface area (TPSA) is 64.6 Å². The Bertz CT molecular complexity index is 836. The molecule has 1 aliphatic carbocycles. The van der Waals surface area contributed by atoms with E-state index in [1.165, 1.54) is 16.2 Å². The molecule has 0 fully saturated rings. The summed E-state index contributed by atoms with van der Waals surface area (Å²) in [6.45, 7) is 5.97. The number of fused-ring (bicyclic) bond motifs is 1. The van der Waals surface area contributed by atoms with E-state index in [2.05, 4.69) is 11.4 Å². The van der Waals surface area contributed by atoms with Crippen molar-refractivity contribution in [2.45, 2.75) is 46.5 Å². The number of carbonyl (C=O) groups excluding carboxylic acids is 2. The van der Waals surface area contributed by atoms with E-state index in [1.54, 1.807) is 6.92 Å². The third-order valence-electron chi connectivity index (χ3n) is 4.47. The molecule has 3 rings (SSSR count). The van der Waals surface area contributed by atoms with E-state index in [0.717, 1.165) is 42.4 Å². The first kappa shape index (κ1) is 19.4. The molecule has 1 aliphatic rings. The molecule has 0 saturated heterocycles. The highest BCUT2D eigenvalue weighted by molar-refractivity contribution is 7.17. The van der Waals surface area contributed by atoms with Gasteiger partial charge >= 0.3 is 5.97 Å². The van der Waals surface area contributed by atoms with Gasteiger partial charge in [0.2, 0.25) is 0 Å². The lowest BCUT2D eigenvalue weighted by Crippen LogP contribution is -2.21. The maximum Gasteiger partial charge on any atom is 0.341 e. The maximum atomic E-state index is 12.4. The first-order chi connectivity index (χ1) is 13.0. The second-order valence-electron chi connectivity index (χ2n) is 6.80. The van der Waals surface area contributed by atoms with Crippen LogP contribution in [0.4, 0.5) is 5.00 Å². The van der Waals surface area contributed by atoms with Gasteiger partial charge in [-0.3, -0.25) is 4.79 Å². The van der Waals surface area contributed by atoms with Crippen molar-refractivity contribution in [1.82, 2.24) is 0 Å². The van der Waals surface area contributed by atoms with Crippen molar-refractivity contribution >= 4 is 28.2 Å². The van der Waals surface area contributed by atoms with Gasteiger partial charge in [0.1, 0.15) is 10.8 Å². The van der Waals surface area contributed by atoms with Gasteiger partial charge in [-0.25, -0.2) is 4.79 Å². The summed E-state index contributed by atoms with van der Waals surface area (Å²) in [5, 5.41) is 3.44. The summed E-state index contributed by atoms with van der Waals surface area (Å²) in [6, 6.07) is 5.84. The molecule has 1 aromatic carbocycles. The third kappa shape index (κ3) is 4.69. The van der Waals surface area contributed by atoms with Crippen LogP contribution < -0.4 is 10.1 Å². The summed E-state index contributed by atoms with van der Waals surface area (Å²) in [5.74, 6) is 0.0273. The van der Waals surface area contributed by atoms with E-state index in [4.69, 9.17) is 9.47 Å². The molecule has 0 aliphatic heterocycles. The Morgan fingerprint density at radius 2 is 1.81 bits per heavy atom. The molecule has 6 heteroatoms. The summed E-state index contributed by atoms with van der Waals surface area (Å²) in [5.41, 5.74) is 3.73. The summed E-state index contributed by atoms with van der Waals surface area (Å²) in [4.78, 5) is 26.0. The van der Waals surface area contributed by atoms with Crippen LogP contribution in [0.5, 0.6) is 5.75 Å². The van der Waals surface area contributed by atoms with Crippen molar-refractivity contribution in [3.05, 3.63) is 45.3 Å². The normalized spacial score (nSPS) is 13.0. The Balaban J connectivity index is 1.73. The zero-order chi connectivity index (χ0) is 19.4. The molecule has 1 aromatic heterocycles. The average Bonchev–Trinajstić information content (AvgIpc) is 2.97. The number of aryl methyl sites for hydroxylation is 3. The standard InChI is InChI=1S/C21H25NO4S/c1-4-25-21(24)19-16-7-5-6-8-17(16)27-20(19)22-18(23)12-26-15-10-13(2)9-14(3)11-15/h9-11H,4-8,12H2,1-3H3,(H,22,23). The van der Waals surface area contributed by atoms with Crippen molar-refractivity contribution in [1.29, 1.82) is 0 Å². The molecule has 0 atom stereocenters. The molecule has 1 N–H and O–H groups in total. The summed E-state index contributed by atoms with van der Waals surface area (Å²) in [7, 11) is 0. The van der Waals surface area contributed by atoms with Gasteiger partial charge in [-0.1, -0.05) is 6.07 Å². The molecule has 0 saturated carbocycles. The van der Waals surface area contributed by atoms with Gasteiger partial charge in [0.15, 0.2) is 6.61 Å². The largest absolute Gasteiger partial charge is 0.484 e. The van der Waals surface area contributed by atoms with Gasteiger partial charge in [0, 0.05) is 4.88 Å². The fourth-order valence-electron chi connectivity index (χ4n) is 3.40. The fraction of sp³-hybridized carbons (Fsp3) is 0.429. The second-order valence-corrected chi connectivity index (χ2v) is 7.90. The zero-order valence-corrected chi connectivity index (χ0v) is 16.8. The van der Waals surface area contributed by atoms with Crippen LogP contribution in [-0.2, 0) is 22.4 Å². The molecule has 144 valence electrons. The highest BCUT2D eigenvalue weighted by Gasteiger charge is 2.27. The molecular weight excluding hydrogens is 362 g/mol. The number of esters is 1. The Morgan fingerprint density at radius 1 is 1.11 bits per heavy atom. The first-order valence-electron chi connectivity index (χ1n) is 9.30. The van der Waals surface area contributed by atoms with E-state index in [-0.39, 0.29) is 18.5 Å². The van der Waals surface area contributed by atoms with Gasteiger partial charge in [-0.05, 0) is 75.3 Å². The van der Waals surface area contributed by atoms with Gasteiger partial charge in [0.05, 0.1) is 12.2 Å². The van der Waals surface area contributed by atoms with Crippen molar-refractivity contribution < 1.29 is 19.1 Å². The van der Waals surface area contributed by atoms with E-state index in [9.17, 15) is 9.59 Å². The van der Waals surface area contributed by atoms with Crippen LogP contribution in [0.25, 0.3) is 0 Å². The summed E-state index contributed by atoms with van der Waals surface area (Å²) in [6.07, 6.45) is 3.97. The lowest BCUT2D eigenvalue weighted by atomic mass is 9.95. The SMILES string of the molecule is CCOC(=O)c1c(NC(=O)COc2cc(C)cc(C)c2)sc2c1CCCC2. The number of hydrogen-bond acceptors (Lipinski definition) is 5. The molecular formula is C21H25NO4S. The third-order valence-corrected chi connectivity index (χ3v) is 5.68. The van der Waals surface area contributed by atoms with Crippen LogP contribution in [0, 0.1) is 13.8 Å². The number of hydrogen-bond donors (Lipinski definition) is 1. The highest BCUT2D eigenvalue weighted by atomic mass is 32.1. The van der Waals surface area contributed by atoms with Crippen LogP contribution in [0.2, 0.25) is 0 Å². The number of ether oxygens (including phenoxy) is 2. The molecule has 1 heterocycles. The molecule has 2 aromatic rings. The van der Waals surface area contributed by atoms with E-state index in [0.29, 0.717) is 22.9 Å². The van der Waals surface area contributed by atoms with E-state index in [1.807, 2.05) is 26.0 Å². The van der Waals surface area contributed by atoms with E-state index < -0.39 is 0 Å². The van der Waals surface area contributed by atoms with Crippen molar-refractivity contribution in [2.75, 3.05) is 18.5 Å². The molecule has 0 spiro atoms. The van der Waals surface area contributed by atoms with Crippen LogP contribution in [-0.4, -0.2) is 25.1 Å². The van der Waals surface area contributed by atoms with Crippen molar-refractivity contribution in [3.8, 4) is 5.75 Å². The Morgan fingerprint density at radius 3 is 2.52 bits per heavy atom. The lowest BCUT2D eigenvalue weighted by Gasteiger charge is -2.12. The quantitative estimate of drug-likeness (QED) is 0.745. The number of rotatable bonds is 6. The van der Waals surface area contributed by atoms with Crippen LogP contribution >= 0.6 is 11.3 Å². The lowest BCUT2D eigenvalue weighted by molar-refractivity contribution is -0.118. The zero-order valence-electron chi connectivity index (χ0n) is 16.0. The van der Waals surface area contributed by atoms with Gasteiger partial charge in [0.25, 0.3) is 5.91 Å². The van der Waals surface area contributed by atoms with Crippen LogP contribution in [0.1, 0.15) is 51.7 Å². The molecule has 5 nitrogen and oxygen atoms in total. The fourth-order valence-corrected chi connectivity index (χ4v) is 4.69. The molecule has 0 unspecified atom stereocenters. The molecule has 27 heavy (non-hydrogen) atoms. The van der Waals surface area contributed by atoms with Gasteiger partial charge < -0.3 is 14.8 Å². The van der Waals surface area contributed by atoms with Crippen LogP contribution in [0.3, 0.4) is 0 Å². The summed E-state index contributed by atoms with van der Waals surface area (Å²) >= 11 is 1.48. The van der Waals surface area contributed by atoms with Crippen molar-refractivity contribution in [2.24, 2.45) is 0 Å². The number of benzene rings is 1. The highest BCUT2D eigenvalue weighted by Crippen LogP contribution is 2.38. The number of nitrogens with one attached hydrogen (secondary N) is 1. The number of thiophene rings is 1. The number of carbonyl (C=O) groups is 2. The predicted octanol–water partition coefficient (Wildman–Crippen LogP) is 4.44.